The zero-order chi connectivity index (χ0) is 18.2. The Hall–Kier alpha value is -2.42. The lowest BCUT2D eigenvalue weighted by Crippen LogP contribution is -2.26. The lowest BCUT2D eigenvalue weighted by atomic mass is 10.2. The third kappa shape index (κ3) is 6.18. The van der Waals surface area contributed by atoms with Gasteiger partial charge in [-0.25, -0.2) is 13.8 Å². The van der Waals surface area contributed by atoms with Crippen LogP contribution in [-0.2, 0) is 16.0 Å². The number of aliphatic carboxylic acids is 1. The lowest BCUT2D eigenvalue weighted by molar-refractivity contribution is -0.133. The maximum atomic E-state index is 13.7. The van der Waals surface area contributed by atoms with Crippen molar-refractivity contribution in [3.05, 3.63) is 41.9 Å². The van der Waals surface area contributed by atoms with Crippen LogP contribution in [0.3, 0.4) is 0 Å². The minimum atomic E-state index is -0.895. The number of nitrogens with zero attached hydrogens (tertiary/aromatic N) is 1. The van der Waals surface area contributed by atoms with Crippen LogP contribution in [0.1, 0.15) is 12.3 Å². The van der Waals surface area contributed by atoms with Crippen molar-refractivity contribution in [1.29, 1.82) is 0 Å². The van der Waals surface area contributed by atoms with E-state index in [1.165, 1.54) is 24.0 Å². The summed E-state index contributed by atoms with van der Waals surface area (Å²) in [5.74, 6) is -1.61. The monoisotopic (exact) mass is 370 g/mol. The second kappa shape index (κ2) is 9.16. The molecule has 2 aromatic rings. The Morgan fingerprint density at radius 2 is 2.12 bits per heavy atom. The number of benzene rings is 1. The number of carbonyl (C=O) groups is 2. The molecule has 134 valence electrons. The molecule has 0 aliphatic rings. The molecule has 0 fully saturated rings. The smallest absolute Gasteiger partial charge is 0.313 e. The predicted octanol–water partition coefficient (Wildman–Crippen LogP) is 2.49. The molecule has 0 aliphatic carbocycles. The number of aromatic nitrogens is 1. The van der Waals surface area contributed by atoms with Gasteiger partial charge in [-0.05, 0) is 12.1 Å². The number of thioether (sulfide) groups is 1. The molecule has 1 amide bonds. The van der Waals surface area contributed by atoms with Gasteiger partial charge in [0.1, 0.15) is 11.6 Å². The number of halogens is 2. The van der Waals surface area contributed by atoms with E-state index in [1.54, 1.807) is 0 Å². The maximum Gasteiger partial charge on any atom is 0.313 e. The Morgan fingerprint density at radius 1 is 1.32 bits per heavy atom. The van der Waals surface area contributed by atoms with E-state index in [4.69, 9.17) is 9.52 Å². The van der Waals surface area contributed by atoms with Gasteiger partial charge < -0.3 is 14.8 Å². The quantitative estimate of drug-likeness (QED) is 0.659. The Morgan fingerprint density at radius 3 is 2.84 bits per heavy atom. The number of rotatable bonds is 9. The molecule has 0 radical (unpaired) electrons. The van der Waals surface area contributed by atoms with E-state index in [9.17, 15) is 18.4 Å². The predicted molar refractivity (Wildman–Crippen MR) is 88.1 cm³/mol. The molecule has 0 unspecified atom stereocenters. The van der Waals surface area contributed by atoms with Gasteiger partial charge in [-0.1, -0.05) is 0 Å². The molecule has 0 saturated heterocycles. The van der Waals surface area contributed by atoms with Crippen LogP contribution in [0.4, 0.5) is 8.78 Å². The standard InChI is InChI=1S/C16H16F2N2O4S/c17-10-1-2-11(12(18)7-10)13-8-20-15(24-13)4-3-14(21)19-5-6-25-9-16(22)23/h1-2,7-8H,3-6,9H2,(H,19,21)(H,22,23). The summed E-state index contributed by atoms with van der Waals surface area (Å²) in [6.45, 7) is 0.369. The molecular weight excluding hydrogens is 354 g/mol. The zero-order valence-electron chi connectivity index (χ0n) is 13.1. The molecule has 0 saturated carbocycles. The summed E-state index contributed by atoms with van der Waals surface area (Å²) in [5, 5.41) is 11.1. The van der Waals surface area contributed by atoms with Gasteiger partial charge in [0.05, 0.1) is 17.5 Å². The fourth-order valence-corrected chi connectivity index (χ4v) is 2.54. The van der Waals surface area contributed by atoms with Gasteiger partial charge in [0.2, 0.25) is 5.91 Å². The summed E-state index contributed by atoms with van der Waals surface area (Å²) >= 11 is 1.21. The molecule has 25 heavy (non-hydrogen) atoms. The Balaban J connectivity index is 1.77. The second-order valence-corrected chi connectivity index (χ2v) is 6.14. The largest absolute Gasteiger partial charge is 0.481 e. The van der Waals surface area contributed by atoms with Crippen molar-refractivity contribution in [2.24, 2.45) is 0 Å². The average molecular weight is 370 g/mol. The molecule has 1 aromatic carbocycles. The summed E-state index contributed by atoms with van der Waals surface area (Å²) in [6.07, 6.45) is 1.69. The number of oxazole rings is 1. The van der Waals surface area contributed by atoms with Gasteiger partial charge in [0.25, 0.3) is 0 Å². The highest BCUT2D eigenvalue weighted by molar-refractivity contribution is 7.99. The third-order valence-corrected chi connectivity index (χ3v) is 4.05. The molecule has 1 aromatic heterocycles. The van der Waals surface area contributed by atoms with Gasteiger partial charge in [0, 0.05) is 31.2 Å². The normalized spacial score (nSPS) is 10.6. The summed E-state index contributed by atoms with van der Waals surface area (Å²) in [4.78, 5) is 26.0. The van der Waals surface area contributed by atoms with Crippen molar-refractivity contribution in [2.75, 3.05) is 18.1 Å². The molecule has 6 nitrogen and oxygen atoms in total. The number of carbonyl (C=O) groups excluding carboxylic acids is 1. The van der Waals surface area contributed by atoms with Crippen molar-refractivity contribution in [2.45, 2.75) is 12.8 Å². The van der Waals surface area contributed by atoms with E-state index in [1.807, 2.05) is 0 Å². The van der Waals surface area contributed by atoms with Crippen molar-refractivity contribution in [3.8, 4) is 11.3 Å². The Kier molecular flexibility index (Phi) is 6.93. The molecule has 1 heterocycles. The average Bonchev–Trinajstić information content (AvgIpc) is 3.01. The number of aryl methyl sites for hydroxylation is 1. The van der Waals surface area contributed by atoms with Gasteiger partial charge in [-0.15, -0.1) is 11.8 Å². The molecule has 9 heteroatoms. The SMILES string of the molecule is O=C(O)CSCCNC(=O)CCc1ncc(-c2ccc(F)cc2F)o1. The van der Waals surface area contributed by atoms with Crippen LogP contribution in [-0.4, -0.2) is 40.0 Å². The van der Waals surface area contributed by atoms with E-state index in [-0.39, 0.29) is 41.7 Å². The summed E-state index contributed by atoms with van der Waals surface area (Å²) in [5.41, 5.74) is 0.0973. The molecule has 0 aliphatic heterocycles. The molecular formula is C16H16F2N2O4S. The van der Waals surface area contributed by atoms with Crippen LogP contribution in [0.15, 0.2) is 28.8 Å². The van der Waals surface area contributed by atoms with E-state index >= 15 is 0 Å². The third-order valence-electron chi connectivity index (χ3n) is 3.11. The van der Waals surface area contributed by atoms with Crippen molar-refractivity contribution in [1.82, 2.24) is 10.3 Å². The summed E-state index contributed by atoms with van der Waals surface area (Å²) in [6, 6.07) is 3.14. The van der Waals surface area contributed by atoms with Gasteiger partial charge in [0.15, 0.2) is 11.7 Å². The highest BCUT2D eigenvalue weighted by atomic mass is 32.2. The number of amides is 1. The maximum absolute atomic E-state index is 13.7. The first-order valence-electron chi connectivity index (χ1n) is 7.42. The minimum Gasteiger partial charge on any atom is -0.481 e. The van der Waals surface area contributed by atoms with Gasteiger partial charge in [-0.2, -0.15) is 0 Å². The number of hydrogen-bond acceptors (Lipinski definition) is 5. The zero-order valence-corrected chi connectivity index (χ0v) is 13.9. The highest BCUT2D eigenvalue weighted by Gasteiger charge is 2.13. The van der Waals surface area contributed by atoms with Gasteiger partial charge in [-0.3, -0.25) is 9.59 Å². The van der Waals surface area contributed by atoms with Crippen molar-refractivity contribution in [3.63, 3.8) is 0 Å². The second-order valence-electron chi connectivity index (χ2n) is 5.04. The van der Waals surface area contributed by atoms with Crippen molar-refractivity contribution >= 4 is 23.6 Å². The number of carboxylic acid groups (broad SMARTS) is 1. The van der Waals surface area contributed by atoms with Crippen LogP contribution in [0.5, 0.6) is 0 Å². The van der Waals surface area contributed by atoms with Crippen LogP contribution < -0.4 is 5.32 Å². The number of nitrogens with one attached hydrogen (secondary N) is 1. The van der Waals surface area contributed by atoms with E-state index in [2.05, 4.69) is 10.3 Å². The van der Waals surface area contributed by atoms with Crippen molar-refractivity contribution < 1.29 is 27.9 Å². The first-order valence-corrected chi connectivity index (χ1v) is 8.57. The van der Waals surface area contributed by atoms with E-state index in [0.717, 1.165) is 12.1 Å². The first kappa shape index (κ1) is 18.9. The van der Waals surface area contributed by atoms with Gasteiger partial charge >= 0.3 is 5.97 Å². The van der Waals surface area contributed by atoms with Crippen LogP contribution in [0, 0.1) is 11.6 Å². The Labute approximate surface area is 146 Å². The molecule has 0 atom stereocenters. The van der Waals surface area contributed by atoms with Crippen LogP contribution >= 0.6 is 11.8 Å². The fraction of sp³-hybridized carbons (Fsp3) is 0.312. The Bertz CT molecular complexity index is 751. The molecule has 0 spiro atoms. The summed E-state index contributed by atoms with van der Waals surface area (Å²) < 4.78 is 32.0. The number of hydrogen-bond donors (Lipinski definition) is 2. The minimum absolute atomic E-state index is 0.00505. The van der Waals surface area contributed by atoms with Crippen LogP contribution in [0.25, 0.3) is 11.3 Å². The lowest BCUT2D eigenvalue weighted by Gasteiger charge is -2.03. The topological polar surface area (TPSA) is 92.4 Å². The summed E-state index contributed by atoms with van der Waals surface area (Å²) in [7, 11) is 0. The van der Waals surface area contributed by atoms with Crippen LogP contribution in [0.2, 0.25) is 0 Å². The molecule has 2 rings (SSSR count). The van der Waals surface area contributed by atoms with E-state index in [0.29, 0.717) is 12.3 Å². The molecule has 2 N–H and O–H groups in total. The number of carboxylic acids is 1. The fourth-order valence-electron chi connectivity index (χ4n) is 1.97. The highest BCUT2D eigenvalue weighted by Crippen LogP contribution is 2.24. The van der Waals surface area contributed by atoms with E-state index < -0.39 is 17.6 Å². The molecule has 0 bridgehead atoms. The first-order chi connectivity index (χ1) is 12.0.